The lowest BCUT2D eigenvalue weighted by Gasteiger charge is -2.10. The fraction of sp³-hybridized carbons (Fsp3) is 0.357. The molecule has 1 atom stereocenters. The zero-order chi connectivity index (χ0) is 12.6. The van der Waals surface area contributed by atoms with E-state index in [1.165, 1.54) is 5.56 Å². The molecule has 0 aliphatic heterocycles. The van der Waals surface area contributed by atoms with E-state index in [0.29, 0.717) is 12.3 Å². The molecule has 0 aliphatic carbocycles. The maximum absolute atomic E-state index is 10.8. The summed E-state index contributed by atoms with van der Waals surface area (Å²) in [5, 5.41) is 0. The molecule has 0 amide bonds. The van der Waals surface area contributed by atoms with Gasteiger partial charge < -0.3 is 4.79 Å². The third-order valence-corrected chi connectivity index (χ3v) is 2.90. The van der Waals surface area contributed by atoms with E-state index in [-0.39, 0.29) is 5.78 Å². The molecule has 16 heavy (non-hydrogen) atoms. The van der Waals surface area contributed by atoms with Crippen molar-refractivity contribution in [2.45, 2.75) is 32.6 Å². The Morgan fingerprint density at radius 1 is 1.31 bits per heavy atom. The Bertz CT molecular complexity index is 316. The first-order valence-corrected chi connectivity index (χ1v) is 6.14. The molecule has 0 aromatic heterocycles. The largest absolute Gasteiger partial charge is 0.300 e. The minimum Gasteiger partial charge on any atom is -0.300 e. The first kappa shape index (κ1) is 15.1. The lowest BCUT2D eigenvalue weighted by molar-refractivity contribution is -0.117. The molecule has 0 N–H and O–H groups in total. The molecule has 0 saturated carbocycles. The summed E-state index contributed by atoms with van der Waals surface area (Å²) in [6.07, 6.45) is 1.62. The van der Waals surface area contributed by atoms with Gasteiger partial charge in [0.1, 0.15) is 5.78 Å². The minimum absolute atomic E-state index is 0.272. The van der Waals surface area contributed by atoms with Crippen molar-refractivity contribution in [1.29, 1.82) is 0 Å². The highest BCUT2D eigenvalue weighted by Gasteiger charge is 2.06. The van der Waals surface area contributed by atoms with Crippen molar-refractivity contribution in [3.05, 3.63) is 47.5 Å². The van der Waals surface area contributed by atoms with Crippen LogP contribution in [0.2, 0.25) is 0 Å². The summed E-state index contributed by atoms with van der Waals surface area (Å²) >= 11 is 3.40. The van der Waals surface area contributed by atoms with Crippen LogP contribution in [0.5, 0.6) is 0 Å². The number of carbonyl (C=O) groups excluding carboxylic acids is 1. The third kappa shape index (κ3) is 5.86. The maximum Gasteiger partial charge on any atom is 0.129 e. The first-order chi connectivity index (χ1) is 7.59. The van der Waals surface area contributed by atoms with E-state index in [1.54, 1.807) is 6.92 Å². The second-order valence-electron chi connectivity index (χ2n) is 3.69. The average Bonchev–Trinajstić information content (AvgIpc) is 2.29. The molecule has 0 saturated heterocycles. The van der Waals surface area contributed by atoms with Gasteiger partial charge in [-0.2, -0.15) is 0 Å². The van der Waals surface area contributed by atoms with E-state index in [9.17, 15) is 4.79 Å². The van der Waals surface area contributed by atoms with Crippen molar-refractivity contribution in [1.82, 2.24) is 0 Å². The van der Waals surface area contributed by atoms with Gasteiger partial charge in [-0.3, -0.25) is 0 Å². The quantitative estimate of drug-likeness (QED) is 0.730. The van der Waals surface area contributed by atoms with Crippen LogP contribution in [-0.2, 0) is 4.79 Å². The molecule has 88 valence electrons. The average molecular weight is 283 g/mol. The van der Waals surface area contributed by atoms with E-state index in [0.717, 1.165) is 10.9 Å². The van der Waals surface area contributed by atoms with E-state index >= 15 is 0 Å². The van der Waals surface area contributed by atoms with Crippen LogP contribution in [0.4, 0.5) is 0 Å². The van der Waals surface area contributed by atoms with Gasteiger partial charge in [-0.05, 0) is 37.0 Å². The molecule has 0 bridgehead atoms. The lowest BCUT2D eigenvalue weighted by Crippen LogP contribution is -1.97. The molecule has 0 fully saturated rings. The normalized spacial score (nSPS) is 11.2. The Morgan fingerprint density at radius 3 is 2.25 bits per heavy atom. The molecular weight excluding hydrogens is 264 g/mol. The summed E-state index contributed by atoms with van der Waals surface area (Å²) in [7, 11) is 0. The molecule has 1 nitrogen and oxygen atoms in total. The summed E-state index contributed by atoms with van der Waals surface area (Å²) in [5.41, 5.74) is 1.30. The van der Waals surface area contributed by atoms with Gasteiger partial charge >= 0.3 is 0 Å². The molecular formula is C14H19BrO. The van der Waals surface area contributed by atoms with Gasteiger partial charge in [0, 0.05) is 10.9 Å². The summed E-state index contributed by atoms with van der Waals surface area (Å²) in [5.74, 6) is 0.737. The Labute approximate surface area is 107 Å². The van der Waals surface area contributed by atoms with Crippen molar-refractivity contribution < 1.29 is 4.79 Å². The Morgan fingerprint density at radius 2 is 1.81 bits per heavy atom. The van der Waals surface area contributed by atoms with Crippen LogP contribution in [-0.4, -0.2) is 5.78 Å². The smallest absolute Gasteiger partial charge is 0.129 e. The number of rotatable bonds is 4. The molecule has 1 unspecified atom stereocenters. The fourth-order valence-electron chi connectivity index (χ4n) is 1.38. The Hall–Kier alpha value is -0.890. The van der Waals surface area contributed by atoms with Crippen LogP contribution >= 0.6 is 15.9 Å². The number of halogens is 1. The standard InChI is InChI=1S/C12H15BrO.C2H4/c1-9(3-4-10(2)14)11-5-7-12(13)8-6-11;1-2/h5-9H,3-4H2,1-2H3;1-2H2. The van der Waals surface area contributed by atoms with Crippen molar-refractivity contribution >= 4 is 21.7 Å². The lowest BCUT2D eigenvalue weighted by atomic mass is 9.95. The van der Waals surface area contributed by atoms with Crippen LogP contribution in [0.1, 0.15) is 38.2 Å². The molecule has 1 rings (SSSR count). The third-order valence-electron chi connectivity index (χ3n) is 2.37. The van der Waals surface area contributed by atoms with Gasteiger partial charge in [0.15, 0.2) is 0 Å². The van der Waals surface area contributed by atoms with E-state index in [2.05, 4.69) is 48.1 Å². The molecule has 2 heteroatoms. The van der Waals surface area contributed by atoms with E-state index in [4.69, 9.17) is 0 Å². The topological polar surface area (TPSA) is 17.1 Å². The van der Waals surface area contributed by atoms with Crippen molar-refractivity contribution in [3.8, 4) is 0 Å². The molecule has 0 spiro atoms. The zero-order valence-electron chi connectivity index (χ0n) is 10.0. The second kappa shape index (κ2) is 8.28. The summed E-state index contributed by atoms with van der Waals surface area (Å²) < 4.78 is 1.10. The second-order valence-corrected chi connectivity index (χ2v) is 4.61. The number of hydrogen-bond donors (Lipinski definition) is 0. The van der Waals surface area contributed by atoms with E-state index < -0.39 is 0 Å². The predicted molar refractivity (Wildman–Crippen MR) is 73.7 cm³/mol. The fourth-order valence-corrected chi connectivity index (χ4v) is 1.64. The first-order valence-electron chi connectivity index (χ1n) is 5.34. The number of hydrogen-bond acceptors (Lipinski definition) is 1. The van der Waals surface area contributed by atoms with Gasteiger partial charge in [0.2, 0.25) is 0 Å². The van der Waals surface area contributed by atoms with Gasteiger partial charge in [-0.25, -0.2) is 0 Å². The highest BCUT2D eigenvalue weighted by atomic mass is 79.9. The highest BCUT2D eigenvalue weighted by molar-refractivity contribution is 9.10. The van der Waals surface area contributed by atoms with Crippen molar-refractivity contribution in [2.75, 3.05) is 0 Å². The number of benzene rings is 1. The van der Waals surface area contributed by atoms with Gasteiger partial charge in [0.05, 0.1) is 0 Å². The van der Waals surface area contributed by atoms with Crippen LogP contribution in [0.15, 0.2) is 41.9 Å². The Balaban J connectivity index is 0.00000106. The molecule has 0 heterocycles. The summed E-state index contributed by atoms with van der Waals surface area (Å²) in [6.45, 7) is 9.81. The molecule has 0 radical (unpaired) electrons. The molecule has 0 aliphatic rings. The number of Topliss-reactive ketones (excluding diaryl/α,β-unsaturated/α-hetero) is 1. The van der Waals surface area contributed by atoms with Crippen LogP contribution in [0, 0.1) is 0 Å². The van der Waals surface area contributed by atoms with Crippen LogP contribution in [0.25, 0.3) is 0 Å². The Kier molecular flexibility index (Phi) is 7.82. The predicted octanol–water partition coefficient (Wildman–Crippen LogP) is 4.72. The van der Waals surface area contributed by atoms with Crippen LogP contribution < -0.4 is 0 Å². The van der Waals surface area contributed by atoms with Gasteiger partial charge in [-0.1, -0.05) is 35.0 Å². The minimum atomic E-state index is 0.272. The summed E-state index contributed by atoms with van der Waals surface area (Å²) in [4.78, 5) is 10.8. The van der Waals surface area contributed by atoms with Gasteiger partial charge in [0.25, 0.3) is 0 Å². The SMILES string of the molecule is C=C.CC(=O)CCC(C)c1ccc(Br)cc1. The van der Waals surface area contributed by atoms with Crippen LogP contribution in [0.3, 0.4) is 0 Å². The number of carbonyl (C=O) groups is 1. The summed E-state index contributed by atoms with van der Waals surface area (Å²) in [6, 6.07) is 8.29. The monoisotopic (exact) mass is 282 g/mol. The highest BCUT2D eigenvalue weighted by Crippen LogP contribution is 2.22. The molecule has 1 aromatic carbocycles. The maximum atomic E-state index is 10.8. The van der Waals surface area contributed by atoms with Crippen molar-refractivity contribution in [2.24, 2.45) is 0 Å². The number of ketones is 1. The van der Waals surface area contributed by atoms with E-state index in [1.807, 2.05) is 12.1 Å². The zero-order valence-corrected chi connectivity index (χ0v) is 11.6. The molecule has 1 aromatic rings. The van der Waals surface area contributed by atoms with Gasteiger partial charge in [-0.15, -0.1) is 13.2 Å². The van der Waals surface area contributed by atoms with Crippen molar-refractivity contribution in [3.63, 3.8) is 0 Å².